The summed E-state index contributed by atoms with van der Waals surface area (Å²) in [7, 11) is 0. The highest BCUT2D eigenvalue weighted by Crippen LogP contribution is 2.18. The van der Waals surface area contributed by atoms with Crippen molar-refractivity contribution >= 4 is 54.3 Å². The molecule has 0 saturated heterocycles. The summed E-state index contributed by atoms with van der Waals surface area (Å²) in [5.74, 6) is 0. The number of aryl methyl sites for hydroxylation is 6. The average Bonchev–Trinajstić information content (AvgIpc) is 4.18. The Morgan fingerprint density at radius 1 is 0.268 bits per heavy atom. The van der Waals surface area contributed by atoms with E-state index in [1.807, 2.05) is 126 Å². The van der Waals surface area contributed by atoms with Crippen LogP contribution in [0.2, 0.25) is 0 Å². The van der Waals surface area contributed by atoms with Crippen LogP contribution >= 0.6 is 0 Å². The maximum Gasteiger partial charge on any atom is 0.0456 e. The summed E-state index contributed by atoms with van der Waals surface area (Å²) in [6.45, 7) is 36.6. The summed E-state index contributed by atoms with van der Waals surface area (Å²) in [5, 5.41) is 9.23. The van der Waals surface area contributed by atoms with Gasteiger partial charge in [0, 0.05) is 40.0 Å². The van der Waals surface area contributed by atoms with E-state index in [2.05, 4.69) is 220 Å². The zero-order valence-corrected chi connectivity index (χ0v) is 47.1. The van der Waals surface area contributed by atoms with Gasteiger partial charge in [0.25, 0.3) is 0 Å². The summed E-state index contributed by atoms with van der Waals surface area (Å²) >= 11 is 0. The first-order valence-electron chi connectivity index (χ1n) is 26.3. The molecule has 0 fully saturated rings. The number of para-hydroxylation sites is 2. The van der Waals surface area contributed by atoms with Crippen molar-refractivity contribution in [2.24, 2.45) is 0 Å². The van der Waals surface area contributed by atoms with Gasteiger partial charge < -0.3 is 15.0 Å². The van der Waals surface area contributed by atoms with Gasteiger partial charge in [0.15, 0.2) is 0 Å². The molecule has 3 nitrogen and oxygen atoms in total. The predicted octanol–water partition coefficient (Wildman–Crippen LogP) is 21.9. The van der Waals surface area contributed by atoms with E-state index >= 15 is 0 Å². The molecule has 0 aliphatic carbocycles. The molecule has 71 heavy (non-hydrogen) atoms. The lowest BCUT2D eigenvalue weighted by Crippen LogP contribution is -1.75. The van der Waals surface area contributed by atoms with Crippen LogP contribution in [0.5, 0.6) is 0 Å². The van der Waals surface area contributed by atoms with Crippen molar-refractivity contribution in [3.63, 3.8) is 0 Å². The summed E-state index contributed by atoms with van der Waals surface area (Å²) in [5.41, 5.74) is 11.5. The molecule has 11 aromatic rings. The first-order chi connectivity index (χ1) is 34.7. The highest BCUT2D eigenvalue weighted by Gasteiger charge is 1.96. The number of H-pyrrole nitrogens is 3. The lowest BCUT2D eigenvalue weighted by atomic mass is 10.1. The molecule has 3 heteroatoms. The summed E-state index contributed by atoms with van der Waals surface area (Å²) < 4.78 is 0. The molecule has 8 aromatic carbocycles. The van der Waals surface area contributed by atoms with Crippen molar-refractivity contribution in [1.29, 1.82) is 0 Å². The lowest BCUT2D eigenvalue weighted by molar-refractivity contribution is 1.30. The van der Waals surface area contributed by atoms with Gasteiger partial charge in [0.05, 0.1) is 0 Å². The first-order valence-corrected chi connectivity index (χ1v) is 26.3. The van der Waals surface area contributed by atoms with Crippen LogP contribution in [0.15, 0.2) is 207 Å². The second-order valence-corrected chi connectivity index (χ2v) is 14.9. The molecule has 378 valence electrons. The molecule has 0 amide bonds. The normalized spacial score (nSPS) is 8.99. The third kappa shape index (κ3) is 23.4. The van der Waals surface area contributed by atoms with Gasteiger partial charge in [-0.25, -0.2) is 0 Å². The van der Waals surface area contributed by atoms with Crippen LogP contribution in [0.3, 0.4) is 0 Å². The Labute approximate surface area is 431 Å². The van der Waals surface area contributed by atoms with Crippen LogP contribution in [-0.2, 0) is 0 Å². The van der Waals surface area contributed by atoms with E-state index in [1.165, 1.54) is 87.8 Å². The standard InChI is InChI=1S/2C11H10.3C9H9N.C7H8.6C2H6/c1-9-5-4-7-10-6-2-3-8-11(9)10;1-9-6-7-10-4-2-3-5-11(10)8-9;1-7-2-3-9-8(6-7)4-5-10-9;1-7-6-10-9-5-3-2-4-8(7)9;1-7-6-8-4-2-3-5-9(8)10-7;1-7-5-3-2-4-6-7;6*1-2/h2*2-8H,1H3;3*2-6,10H,1H3;2-6H,1H3;6*1-2H3. The average molecular weight is 950 g/mol. The minimum atomic E-state index is 1.21. The van der Waals surface area contributed by atoms with Gasteiger partial charge in [-0.05, 0) is 121 Å². The van der Waals surface area contributed by atoms with Crippen molar-refractivity contribution in [3.05, 3.63) is 240 Å². The van der Waals surface area contributed by atoms with E-state index < -0.39 is 0 Å². The molecule has 0 bridgehead atoms. The van der Waals surface area contributed by atoms with Gasteiger partial charge in [-0.2, -0.15) is 0 Å². The largest absolute Gasteiger partial charge is 0.361 e. The molecule has 3 aromatic heterocycles. The third-order valence-electron chi connectivity index (χ3n) is 10.0. The Morgan fingerprint density at radius 3 is 1.30 bits per heavy atom. The number of hydrogen-bond donors (Lipinski definition) is 3. The fraction of sp³-hybridized carbons (Fsp3) is 0.265. The second-order valence-electron chi connectivity index (χ2n) is 14.9. The Morgan fingerprint density at radius 2 is 0.732 bits per heavy atom. The summed E-state index contributed by atoms with van der Waals surface area (Å²) in [4.78, 5) is 9.59. The van der Waals surface area contributed by atoms with Gasteiger partial charge in [-0.3, -0.25) is 0 Å². The first kappa shape index (κ1) is 63.9. The van der Waals surface area contributed by atoms with Crippen LogP contribution in [0, 0.1) is 41.5 Å². The summed E-state index contributed by atoms with van der Waals surface area (Å²) in [6.07, 6.45) is 3.99. The molecule has 0 spiro atoms. The topological polar surface area (TPSA) is 47.4 Å². The predicted molar refractivity (Wildman–Crippen MR) is 326 cm³/mol. The Balaban J connectivity index is 0.000000796. The number of benzene rings is 8. The van der Waals surface area contributed by atoms with E-state index in [1.54, 1.807) is 0 Å². The molecular formula is C68H91N3. The van der Waals surface area contributed by atoms with Crippen molar-refractivity contribution in [1.82, 2.24) is 15.0 Å². The van der Waals surface area contributed by atoms with Crippen LogP contribution < -0.4 is 0 Å². The molecule has 0 atom stereocenters. The molecule has 0 aliphatic heterocycles. The smallest absolute Gasteiger partial charge is 0.0456 e. The molecule has 0 aliphatic rings. The minimum Gasteiger partial charge on any atom is -0.361 e. The number of hydrogen-bond acceptors (Lipinski definition) is 0. The third-order valence-corrected chi connectivity index (χ3v) is 10.0. The van der Waals surface area contributed by atoms with Crippen molar-refractivity contribution < 1.29 is 0 Å². The Hall–Kier alpha value is -7.10. The lowest BCUT2D eigenvalue weighted by Gasteiger charge is -1.98. The highest BCUT2D eigenvalue weighted by atomic mass is 14.7. The van der Waals surface area contributed by atoms with Crippen LogP contribution in [0.1, 0.15) is 117 Å². The van der Waals surface area contributed by atoms with E-state index in [4.69, 9.17) is 0 Å². The molecular weight excluding hydrogens is 859 g/mol. The summed E-state index contributed by atoms with van der Waals surface area (Å²) in [6, 6.07) is 67.2. The molecule has 3 N–H and O–H groups in total. The van der Waals surface area contributed by atoms with Gasteiger partial charge >= 0.3 is 0 Å². The monoisotopic (exact) mass is 950 g/mol. The number of rotatable bonds is 0. The number of nitrogens with one attached hydrogen (secondary N) is 3. The quantitative estimate of drug-likeness (QED) is 0.136. The Kier molecular flexibility index (Phi) is 35.7. The van der Waals surface area contributed by atoms with Crippen molar-refractivity contribution in [2.45, 2.75) is 125 Å². The number of aromatic nitrogens is 3. The van der Waals surface area contributed by atoms with Crippen molar-refractivity contribution in [3.8, 4) is 0 Å². The number of aromatic amines is 3. The second kappa shape index (κ2) is 39.7. The van der Waals surface area contributed by atoms with E-state index in [9.17, 15) is 0 Å². The van der Waals surface area contributed by atoms with E-state index in [-0.39, 0.29) is 0 Å². The van der Waals surface area contributed by atoms with E-state index in [0.29, 0.717) is 0 Å². The molecule has 3 heterocycles. The number of fused-ring (bicyclic) bond motifs is 5. The van der Waals surface area contributed by atoms with E-state index in [0.717, 1.165) is 0 Å². The molecule has 0 unspecified atom stereocenters. The molecule has 0 radical (unpaired) electrons. The van der Waals surface area contributed by atoms with Crippen LogP contribution in [0.25, 0.3) is 54.3 Å². The van der Waals surface area contributed by atoms with Gasteiger partial charge in [0.1, 0.15) is 0 Å². The van der Waals surface area contributed by atoms with Gasteiger partial charge in [-0.15, -0.1) is 0 Å². The zero-order chi connectivity index (χ0) is 53.4. The Bertz CT molecular complexity index is 2910. The minimum absolute atomic E-state index is 1.21. The molecule has 11 rings (SSSR count). The van der Waals surface area contributed by atoms with Crippen LogP contribution in [-0.4, -0.2) is 15.0 Å². The van der Waals surface area contributed by atoms with Crippen LogP contribution in [0.4, 0.5) is 0 Å². The highest BCUT2D eigenvalue weighted by molar-refractivity contribution is 5.86. The maximum absolute atomic E-state index is 3.26. The zero-order valence-electron chi connectivity index (χ0n) is 47.1. The maximum atomic E-state index is 3.26. The van der Waals surface area contributed by atoms with Crippen molar-refractivity contribution in [2.75, 3.05) is 0 Å². The fourth-order valence-electron chi connectivity index (χ4n) is 6.84. The SMILES string of the molecule is CC.CC.CC.CC.CC.CC.Cc1c[nH]c2ccccc12.Cc1cc2ccccc2[nH]1.Cc1ccc2[nH]ccc2c1.Cc1ccc2ccccc2c1.Cc1cccc2ccccc12.Cc1ccccc1. The van der Waals surface area contributed by atoms with Gasteiger partial charge in [0.2, 0.25) is 0 Å². The van der Waals surface area contributed by atoms with Gasteiger partial charge in [-0.1, -0.05) is 258 Å². The fourth-order valence-corrected chi connectivity index (χ4v) is 6.84. The molecule has 0 saturated carbocycles.